The highest BCUT2D eigenvalue weighted by Crippen LogP contribution is 2.26. The molecule has 0 unspecified atom stereocenters. The number of pyridine rings is 1. The summed E-state index contributed by atoms with van der Waals surface area (Å²) in [6.07, 6.45) is 1.86. The molecule has 0 bridgehead atoms. The number of nitrogens with zero attached hydrogens (tertiary/aromatic N) is 2. The largest absolute Gasteiger partial charge is 0.491 e. The van der Waals surface area contributed by atoms with Crippen molar-refractivity contribution in [3.8, 4) is 28.3 Å². The Morgan fingerprint density at radius 3 is 2.54 bits per heavy atom. The Bertz CT molecular complexity index is 1050. The molecule has 2 aromatic carbocycles. The van der Waals surface area contributed by atoms with Crippen molar-refractivity contribution in [2.75, 3.05) is 0 Å². The first-order valence-electron chi connectivity index (χ1n) is 8.47. The van der Waals surface area contributed by atoms with Crippen LogP contribution in [0.25, 0.3) is 33.7 Å². The number of rotatable bonds is 4. The summed E-state index contributed by atoms with van der Waals surface area (Å²) in [5.41, 5.74) is 4.22. The number of ether oxygens (including phenoxy) is 1. The van der Waals surface area contributed by atoms with Gasteiger partial charge in [-0.15, -0.1) is 0 Å². The van der Waals surface area contributed by atoms with Crippen molar-refractivity contribution in [3.05, 3.63) is 66.6 Å². The van der Waals surface area contributed by atoms with E-state index in [1.165, 1.54) is 12.1 Å². The lowest BCUT2D eigenvalue weighted by Gasteiger charge is -2.10. The molecule has 2 heterocycles. The van der Waals surface area contributed by atoms with E-state index >= 15 is 0 Å². The first kappa shape index (κ1) is 16.3. The van der Waals surface area contributed by atoms with E-state index in [0.29, 0.717) is 5.65 Å². The molecule has 4 rings (SSSR count). The summed E-state index contributed by atoms with van der Waals surface area (Å²) in [6.45, 7) is 3.99. The number of halogens is 1. The Kier molecular flexibility index (Phi) is 4.13. The van der Waals surface area contributed by atoms with E-state index in [-0.39, 0.29) is 11.9 Å². The standard InChI is InChI=1S/C21H18FN3O/c1-13(2)26-18-5-3-4-15(10-18)20-24-19-11-16(12-23-21(19)25-20)14-6-8-17(22)9-7-14/h3-13H,1-2H3,(H,23,24,25). The first-order chi connectivity index (χ1) is 12.6. The highest BCUT2D eigenvalue weighted by Gasteiger charge is 2.09. The van der Waals surface area contributed by atoms with Crippen LogP contribution in [-0.2, 0) is 0 Å². The number of imidazole rings is 1. The molecular formula is C21H18FN3O. The molecule has 0 atom stereocenters. The average molecular weight is 347 g/mol. The van der Waals surface area contributed by atoms with Gasteiger partial charge in [0.05, 0.1) is 11.6 Å². The lowest BCUT2D eigenvalue weighted by atomic mass is 10.1. The predicted octanol–water partition coefficient (Wildman–Crippen LogP) is 5.22. The molecule has 2 aromatic heterocycles. The van der Waals surface area contributed by atoms with Crippen molar-refractivity contribution in [3.63, 3.8) is 0 Å². The minimum atomic E-state index is -0.255. The van der Waals surface area contributed by atoms with Crippen LogP contribution < -0.4 is 4.74 Å². The lowest BCUT2D eigenvalue weighted by Crippen LogP contribution is -2.05. The second-order valence-electron chi connectivity index (χ2n) is 6.38. The van der Waals surface area contributed by atoms with Crippen molar-refractivity contribution >= 4 is 11.2 Å². The Morgan fingerprint density at radius 1 is 0.962 bits per heavy atom. The minimum absolute atomic E-state index is 0.112. The molecule has 4 nitrogen and oxygen atoms in total. The molecule has 0 saturated carbocycles. The van der Waals surface area contributed by atoms with E-state index in [1.807, 2.05) is 44.2 Å². The smallest absolute Gasteiger partial charge is 0.178 e. The molecule has 0 aliphatic carbocycles. The zero-order valence-electron chi connectivity index (χ0n) is 14.5. The van der Waals surface area contributed by atoms with E-state index in [2.05, 4.69) is 15.0 Å². The maximum atomic E-state index is 13.1. The van der Waals surface area contributed by atoms with Gasteiger partial charge in [0.15, 0.2) is 5.65 Å². The molecule has 0 aliphatic heterocycles. The third-order valence-electron chi connectivity index (χ3n) is 3.99. The summed E-state index contributed by atoms with van der Waals surface area (Å²) in [7, 11) is 0. The molecule has 26 heavy (non-hydrogen) atoms. The fourth-order valence-electron chi connectivity index (χ4n) is 2.83. The van der Waals surface area contributed by atoms with Gasteiger partial charge in [-0.1, -0.05) is 24.3 Å². The Hall–Kier alpha value is -3.21. The number of aromatic nitrogens is 3. The second kappa shape index (κ2) is 6.59. The molecule has 0 radical (unpaired) electrons. The van der Waals surface area contributed by atoms with Crippen molar-refractivity contribution in [1.82, 2.24) is 15.0 Å². The highest BCUT2D eigenvalue weighted by molar-refractivity contribution is 5.81. The van der Waals surface area contributed by atoms with Crippen LogP contribution in [0.2, 0.25) is 0 Å². The van der Waals surface area contributed by atoms with Crippen LogP contribution in [0.4, 0.5) is 4.39 Å². The van der Waals surface area contributed by atoms with Gasteiger partial charge >= 0.3 is 0 Å². The molecule has 0 fully saturated rings. The van der Waals surface area contributed by atoms with Gasteiger partial charge < -0.3 is 9.72 Å². The van der Waals surface area contributed by atoms with Gasteiger partial charge in [-0.25, -0.2) is 14.4 Å². The molecular weight excluding hydrogens is 329 g/mol. The molecule has 1 N–H and O–H groups in total. The molecule has 0 saturated heterocycles. The van der Waals surface area contributed by atoms with Gasteiger partial charge in [-0.05, 0) is 49.7 Å². The van der Waals surface area contributed by atoms with E-state index in [0.717, 1.165) is 33.8 Å². The van der Waals surface area contributed by atoms with Crippen LogP contribution in [0.5, 0.6) is 5.75 Å². The zero-order chi connectivity index (χ0) is 18.1. The number of nitrogens with one attached hydrogen (secondary N) is 1. The van der Waals surface area contributed by atoms with Crippen molar-refractivity contribution in [1.29, 1.82) is 0 Å². The van der Waals surface area contributed by atoms with Crippen LogP contribution >= 0.6 is 0 Å². The summed E-state index contributed by atoms with van der Waals surface area (Å²) < 4.78 is 18.9. The molecule has 5 heteroatoms. The maximum Gasteiger partial charge on any atom is 0.178 e. The van der Waals surface area contributed by atoms with Gasteiger partial charge in [0, 0.05) is 17.3 Å². The summed E-state index contributed by atoms with van der Waals surface area (Å²) in [6, 6.07) is 16.1. The number of fused-ring (bicyclic) bond motifs is 1. The van der Waals surface area contributed by atoms with Crippen molar-refractivity contribution in [2.24, 2.45) is 0 Å². The minimum Gasteiger partial charge on any atom is -0.491 e. The number of hydrogen-bond acceptors (Lipinski definition) is 3. The van der Waals surface area contributed by atoms with E-state index in [4.69, 9.17) is 4.74 Å². The Morgan fingerprint density at radius 2 is 1.77 bits per heavy atom. The SMILES string of the molecule is CC(C)Oc1cccc(-c2nc3ncc(-c4ccc(F)cc4)cc3[nH]2)c1. The van der Waals surface area contributed by atoms with Crippen LogP contribution in [-0.4, -0.2) is 21.1 Å². The van der Waals surface area contributed by atoms with Crippen LogP contribution in [0.3, 0.4) is 0 Å². The van der Waals surface area contributed by atoms with Crippen LogP contribution in [0.1, 0.15) is 13.8 Å². The maximum absolute atomic E-state index is 13.1. The highest BCUT2D eigenvalue weighted by atomic mass is 19.1. The third kappa shape index (κ3) is 3.28. The zero-order valence-corrected chi connectivity index (χ0v) is 14.5. The molecule has 0 aliphatic rings. The summed E-state index contributed by atoms with van der Waals surface area (Å²) in [5.74, 6) is 1.28. The van der Waals surface area contributed by atoms with Gasteiger partial charge in [-0.2, -0.15) is 0 Å². The quantitative estimate of drug-likeness (QED) is 0.551. The third-order valence-corrected chi connectivity index (χ3v) is 3.99. The fourth-order valence-corrected chi connectivity index (χ4v) is 2.83. The Labute approximate surface area is 150 Å². The molecule has 4 aromatic rings. The van der Waals surface area contributed by atoms with Gasteiger partial charge in [0.1, 0.15) is 17.4 Å². The van der Waals surface area contributed by atoms with Gasteiger partial charge in [0.2, 0.25) is 0 Å². The normalized spacial score (nSPS) is 11.2. The Balaban J connectivity index is 1.71. The molecule has 130 valence electrons. The summed E-state index contributed by atoms with van der Waals surface area (Å²) >= 11 is 0. The van der Waals surface area contributed by atoms with E-state index in [9.17, 15) is 4.39 Å². The van der Waals surface area contributed by atoms with Crippen molar-refractivity contribution in [2.45, 2.75) is 20.0 Å². The molecule has 0 spiro atoms. The lowest BCUT2D eigenvalue weighted by molar-refractivity contribution is 0.242. The van der Waals surface area contributed by atoms with Gasteiger partial charge in [0.25, 0.3) is 0 Å². The van der Waals surface area contributed by atoms with E-state index in [1.54, 1.807) is 18.3 Å². The van der Waals surface area contributed by atoms with Crippen LogP contribution in [0.15, 0.2) is 60.8 Å². The summed E-state index contributed by atoms with van der Waals surface area (Å²) in [4.78, 5) is 12.3. The van der Waals surface area contributed by atoms with Crippen molar-refractivity contribution < 1.29 is 9.13 Å². The average Bonchev–Trinajstić information content (AvgIpc) is 3.05. The van der Waals surface area contributed by atoms with Crippen LogP contribution in [0, 0.1) is 5.82 Å². The van der Waals surface area contributed by atoms with E-state index < -0.39 is 0 Å². The molecule has 0 amide bonds. The number of aromatic amines is 1. The monoisotopic (exact) mass is 347 g/mol. The fraction of sp³-hybridized carbons (Fsp3) is 0.143. The summed E-state index contributed by atoms with van der Waals surface area (Å²) in [5, 5.41) is 0. The van der Waals surface area contributed by atoms with Gasteiger partial charge in [-0.3, -0.25) is 0 Å². The number of benzene rings is 2. The topological polar surface area (TPSA) is 50.8 Å². The number of H-pyrrole nitrogens is 1. The second-order valence-corrected chi connectivity index (χ2v) is 6.38. The predicted molar refractivity (Wildman–Crippen MR) is 100 cm³/mol. The first-order valence-corrected chi connectivity index (χ1v) is 8.47. The number of hydrogen-bond donors (Lipinski definition) is 1.